The highest BCUT2D eigenvalue weighted by molar-refractivity contribution is 5.87. The van der Waals surface area contributed by atoms with Crippen molar-refractivity contribution in [1.82, 2.24) is 40.0 Å². The number of hydrogen-bond acceptors (Lipinski definition) is 9. The number of ether oxygens (including phenoxy) is 2. The molecule has 3 aliphatic heterocycles. The van der Waals surface area contributed by atoms with E-state index in [1.807, 2.05) is 58.6 Å². The smallest absolute Gasteiger partial charge is 0.407 e. The first kappa shape index (κ1) is 45.3. The van der Waals surface area contributed by atoms with Gasteiger partial charge in [-0.15, -0.1) is 0 Å². The fourth-order valence-electron chi connectivity index (χ4n) is 10.3. The number of likely N-dealkylation sites (tertiary alicyclic amines) is 2. The van der Waals surface area contributed by atoms with Crippen LogP contribution in [0.5, 0.6) is 5.75 Å². The number of imidazole rings is 2. The molecule has 346 valence electrons. The van der Waals surface area contributed by atoms with Crippen LogP contribution in [0.15, 0.2) is 60.7 Å². The van der Waals surface area contributed by atoms with E-state index in [2.05, 4.69) is 68.7 Å². The number of rotatable bonds is 13. The summed E-state index contributed by atoms with van der Waals surface area (Å²) in [6.45, 7) is 12.7. The SMILES string of the molecule is COC(=O)N[C@H](C(=O)N1CCC[C@H]1c1nc2ccc([C@H]3CC[C@H](c4ccc5nc([C@@H]6CCCN6C(=O)[C@H](C(C)C)N(C)C(=O)O)[nH]c5c4)N3c3ccc(OC(C)C)cc3)cc2[nH]1)C(C)C. The summed E-state index contributed by atoms with van der Waals surface area (Å²) >= 11 is 0. The number of carbonyl (C=O) groups is 4. The average molecular weight is 890 g/mol. The fraction of sp³-hybridized carbons (Fsp3) is 0.510. The van der Waals surface area contributed by atoms with Gasteiger partial charge in [-0.25, -0.2) is 19.6 Å². The minimum absolute atomic E-state index is 0.0227. The summed E-state index contributed by atoms with van der Waals surface area (Å²) in [6, 6.07) is 19.1. The van der Waals surface area contributed by atoms with Crippen LogP contribution in [0.2, 0.25) is 0 Å². The number of carbonyl (C=O) groups excluding carboxylic acids is 3. The molecule has 5 heterocycles. The Hall–Kier alpha value is -6.32. The maximum Gasteiger partial charge on any atom is 0.407 e. The summed E-state index contributed by atoms with van der Waals surface area (Å²) in [5.41, 5.74) is 6.76. The van der Waals surface area contributed by atoms with E-state index >= 15 is 0 Å². The molecule has 4 N–H and O–H groups in total. The number of likely N-dealkylation sites (N-methyl/N-ethyl adjacent to an activating group) is 1. The van der Waals surface area contributed by atoms with Crippen LogP contribution >= 0.6 is 0 Å². The van der Waals surface area contributed by atoms with Crippen molar-refractivity contribution in [2.24, 2.45) is 11.8 Å². The predicted octanol–water partition coefficient (Wildman–Crippen LogP) is 8.65. The molecule has 0 spiro atoms. The molecule has 5 aromatic rings. The zero-order valence-corrected chi connectivity index (χ0v) is 38.7. The first-order valence-electron chi connectivity index (χ1n) is 23.1. The van der Waals surface area contributed by atoms with Crippen molar-refractivity contribution in [3.05, 3.63) is 83.4 Å². The zero-order valence-electron chi connectivity index (χ0n) is 38.7. The van der Waals surface area contributed by atoms with E-state index in [1.54, 1.807) is 4.90 Å². The second kappa shape index (κ2) is 18.6. The molecule has 16 heteroatoms. The van der Waals surface area contributed by atoms with Gasteiger partial charge in [-0.2, -0.15) is 0 Å². The molecule has 8 rings (SSSR count). The van der Waals surface area contributed by atoms with E-state index in [1.165, 1.54) is 14.2 Å². The number of methoxy groups -OCH3 is 1. The largest absolute Gasteiger partial charge is 0.491 e. The van der Waals surface area contributed by atoms with Crippen LogP contribution in [0.1, 0.15) is 127 Å². The number of aromatic amines is 2. The van der Waals surface area contributed by atoms with Crippen molar-refractivity contribution in [2.45, 2.75) is 122 Å². The molecule has 3 aliphatic rings. The van der Waals surface area contributed by atoms with E-state index < -0.39 is 24.3 Å². The number of fused-ring (bicyclic) bond motifs is 2. The summed E-state index contributed by atoms with van der Waals surface area (Å²) in [5.74, 6) is 1.58. The molecule has 0 bridgehead atoms. The minimum Gasteiger partial charge on any atom is -0.491 e. The van der Waals surface area contributed by atoms with Crippen LogP contribution in [0, 0.1) is 11.8 Å². The van der Waals surface area contributed by atoms with Crippen molar-refractivity contribution in [3.63, 3.8) is 0 Å². The lowest BCUT2D eigenvalue weighted by atomic mass is 10.0. The molecule has 3 saturated heterocycles. The summed E-state index contributed by atoms with van der Waals surface area (Å²) in [4.78, 5) is 76.3. The van der Waals surface area contributed by atoms with Gasteiger partial charge in [-0.3, -0.25) is 14.5 Å². The van der Waals surface area contributed by atoms with Gasteiger partial charge in [-0.05, 0) is 124 Å². The lowest BCUT2D eigenvalue weighted by molar-refractivity contribution is -0.138. The lowest BCUT2D eigenvalue weighted by Crippen LogP contribution is -2.51. The van der Waals surface area contributed by atoms with Gasteiger partial charge in [0, 0.05) is 25.8 Å². The lowest BCUT2D eigenvalue weighted by Gasteiger charge is -2.33. The van der Waals surface area contributed by atoms with E-state index in [0.717, 1.165) is 93.9 Å². The van der Waals surface area contributed by atoms with E-state index in [4.69, 9.17) is 19.4 Å². The van der Waals surface area contributed by atoms with Gasteiger partial charge in [0.1, 0.15) is 29.5 Å². The molecule has 2 aromatic heterocycles. The first-order valence-corrected chi connectivity index (χ1v) is 23.1. The topological polar surface area (TPSA) is 189 Å². The zero-order chi connectivity index (χ0) is 46.3. The van der Waals surface area contributed by atoms with Gasteiger partial charge < -0.3 is 44.6 Å². The van der Waals surface area contributed by atoms with Gasteiger partial charge in [0.15, 0.2) is 0 Å². The molecule has 4 amide bonds. The molecule has 0 aliphatic carbocycles. The van der Waals surface area contributed by atoms with E-state index in [0.29, 0.717) is 18.9 Å². The Labute approximate surface area is 380 Å². The van der Waals surface area contributed by atoms with Crippen molar-refractivity contribution < 1.29 is 33.8 Å². The molecule has 0 radical (unpaired) electrons. The summed E-state index contributed by atoms with van der Waals surface area (Å²) in [5, 5.41) is 12.5. The Bertz CT molecular complexity index is 2530. The third-order valence-corrected chi connectivity index (χ3v) is 13.4. The van der Waals surface area contributed by atoms with Crippen molar-refractivity contribution in [1.29, 1.82) is 0 Å². The van der Waals surface area contributed by atoms with Crippen LogP contribution in [-0.4, -0.2) is 109 Å². The highest BCUT2D eigenvalue weighted by atomic mass is 16.5. The van der Waals surface area contributed by atoms with Gasteiger partial charge in [0.25, 0.3) is 0 Å². The van der Waals surface area contributed by atoms with Crippen LogP contribution in [0.4, 0.5) is 15.3 Å². The summed E-state index contributed by atoms with van der Waals surface area (Å²) < 4.78 is 10.9. The number of nitrogens with one attached hydrogen (secondary N) is 3. The molecular weight excluding hydrogens is 827 g/mol. The molecule has 0 saturated carbocycles. The number of carboxylic acid groups (broad SMARTS) is 1. The van der Waals surface area contributed by atoms with Crippen molar-refractivity contribution in [3.8, 4) is 5.75 Å². The highest BCUT2D eigenvalue weighted by Gasteiger charge is 2.41. The molecule has 0 unspecified atom stereocenters. The number of alkyl carbamates (subject to hydrolysis) is 1. The molecule has 65 heavy (non-hydrogen) atoms. The summed E-state index contributed by atoms with van der Waals surface area (Å²) in [6.07, 6.45) is 3.20. The molecule has 6 atom stereocenters. The Morgan fingerprint density at radius 3 is 1.71 bits per heavy atom. The highest BCUT2D eigenvalue weighted by Crippen LogP contribution is 2.48. The average Bonchev–Trinajstić information content (AvgIpc) is 4.13. The van der Waals surface area contributed by atoms with Crippen LogP contribution < -0.4 is 15.0 Å². The summed E-state index contributed by atoms with van der Waals surface area (Å²) in [7, 11) is 2.76. The van der Waals surface area contributed by atoms with Gasteiger partial charge in [0.2, 0.25) is 11.8 Å². The Kier molecular flexibility index (Phi) is 13.0. The number of benzene rings is 3. The van der Waals surface area contributed by atoms with E-state index in [9.17, 15) is 24.3 Å². The maximum absolute atomic E-state index is 13.9. The predicted molar refractivity (Wildman–Crippen MR) is 248 cm³/mol. The molecule has 3 fully saturated rings. The number of amides is 4. The number of nitrogens with zero attached hydrogens (tertiary/aromatic N) is 6. The quantitative estimate of drug-likeness (QED) is 0.0891. The second-order valence-corrected chi connectivity index (χ2v) is 18.8. The minimum atomic E-state index is -1.13. The third kappa shape index (κ3) is 9.04. The molecule has 16 nitrogen and oxygen atoms in total. The van der Waals surface area contributed by atoms with Crippen molar-refractivity contribution >= 4 is 51.8 Å². The number of hydrogen-bond donors (Lipinski definition) is 4. The van der Waals surface area contributed by atoms with Crippen LogP contribution in [0.25, 0.3) is 22.1 Å². The molecule has 3 aromatic carbocycles. The number of anilines is 1. The Morgan fingerprint density at radius 2 is 1.25 bits per heavy atom. The Morgan fingerprint density at radius 1 is 0.723 bits per heavy atom. The van der Waals surface area contributed by atoms with Gasteiger partial charge in [-0.1, -0.05) is 39.8 Å². The maximum atomic E-state index is 13.9. The fourth-order valence-corrected chi connectivity index (χ4v) is 10.3. The second-order valence-electron chi connectivity index (χ2n) is 18.8. The first-order chi connectivity index (χ1) is 31.1. The van der Waals surface area contributed by atoms with Crippen LogP contribution in [0.3, 0.4) is 0 Å². The monoisotopic (exact) mass is 889 g/mol. The molecular formula is C49H63N9O7. The van der Waals surface area contributed by atoms with Crippen molar-refractivity contribution in [2.75, 3.05) is 32.1 Å². The number of aromatic nitrogens is 4. The standard InChI is InChI=1S/C49H63N9O7/c1-27(2)42(54-48(61)64-8)46(59)56-23-9-11-40(56)44-50-34-19-13-30(25-36(34)52-44)38-21-22-39(58(38)32-15-17-33(18-16-32)65-29(5)6)31-14-20-35-37(26-31)53-45(51-35)41-12-10-24-57(41)47(60)43(28(3)4)55(7)49(62)63/h13-20,25-29,38-43H,9-12,21-24H2,1-8H3,(H,50,52)(H,51,53)(H,54,61)(H,62,63)/t38-,39-,40+,41+,42+,43+/m1/s1. The normalized spacial score (nSPS) is 20.9. The van der Waals surface area contributed by atoms with Crippen LogP contribution in [-0.2, 0) is 14.3 Å². The van der Waals surface area contributed by atoms with Gasteiger partial charge >= 0.3 is 12.2 Å². The van der Waals surface area contributed by atoms with Gasteiger partial charge in [0.05, 0.1) is 59.4 Å². The Balaban J connectivity index is 1.08. The third-order valence-electron chi connectivity index (χ3n) is 13.4. The van der Waals surface area contributed by atoms with E-state index in [-0.39, 0.29) is 53.9 Å². The number of H-pyrrole nitrogens is 2.